The summed E-state index contributed by atoms with van der Waals surface area (Å²) in [5, 5.41) is 0. The number of nitrogens with two attached hydrogens (primary N) is 1. The molecule has 0 heterocycles. The maximum atomic E-state index is 12.3. The van der Waals surface area contributed by atoms with E-state index in [1.807, 2.05) is 31.3 Å². The van der Waals surface area contributed by atoms with Crippen LogP contribution >= 0.6 is 0 Å². The number of carbonyl (C=O) groups is 1. The number of amides is 1. The van der Waals surface area contributed by atoms with Gasteiger partial charge in [-0.2, -0.15) is 0 Å². The Morgan fingerprint density at radius 3 is 2.21 bits per heavy atom. The molecule has 1 aromatic rings. The van der Waals surface area contributed by atoms with Gasteiger partial charge in [0, 0.05) is 19.2 Å². The van der Waals surface area contributed by atoms with Gasteiger partial charge >= 0.3 is 0 Å². The lowest BCUT2D eigenvalue weighted by Crippen LogP contribution is -2.39. The Labute approximate surface area is 116 Å². The molecule has 1 rings (SSSR count). The van der Waals surface area contributed by atoms with Crippen molar-refractivity contribution >= 4 is 5.91 Å². The molecule has 3 nitrogen and oxygen atoms in total. The van der Waals surface area contributed by atoms with Crippen LogP contribution in [0.25, 0.3) is 0 Å². The highest BCUT2D eigenvalue weighted by Crippen LogP contribution is 2.18. The molecule has 0 aliphatic heterocycles. The second kappa shape index (κ2) is 6.20. The van der Waals surface area contributed by atoms with Gasteiger partial charge in [-0.3, -0.25) is 4.79 Å². The number of benzene rings is 1. The third kappa shape index (κ3) is 4.35. The van der Waals surface area contributed by atoms with Crippen molar-refractivity contribution in [1.29, 1.82) is 0 Å². The standard InChI is InChI=1S/C16H26N2O/c1-12(2)13-6-8-14(9-7-13)15(19)18(5)11-16(3,4)10-17/h6-9,12H,10-11,17H2,1-5H3. The van der Waals surface area contributed by atoms with Crippen LogP contribution < -0.4 is 5.73 Å². The molecule has 19 heavy (non-hydrogen) atoms. The van der Waals surface area contributed by atoms with E-state index >= 15 is 0 Å². The maximum absolute atomic E-state index is 12.3. The van der Waals surface area contributed by atoms with Crippen molar-refractivity contribution < 1.29 is 4.79 Å². The first-order valence-electron chi connectivity index (χ1n) is 6.82. The van der Waals surface area contributed by atoms with Crippen molar-refractivity contribution in [3.05, 3.63) is 35.4 Å². The Morgan fingerprint density at radius 2 is 1.79 bits per heavy atom. The monoisotopic (exact) mass is 262 g/mol. The van der Waals surface area contributed by atoms with Crippen LogP contribution in [0.15, 0.2) is 24.3 Å². The van der Waals surface area contributed by atoms with E-state index in [2.05, 4.69) is 27.7 Å². The SMILES string of the molecule is CC(C)c1ccc(C(=O)N(C)CC(C)(C)CN)cc1. The highest BCUT2D eigenvalue weighted by Gasteiger charge is 2.21. The van der Waals surface area contributed by atoms with Crippen molar-refractivity contribution in [2.45, 2.75) is 33.6 Å². The molecular formula is C16H26N2O. The van der Waals surface area contributed by atoms with Crippen LogP contribution in [0.2, 0.25) is 0 Å². The van der Waals surface area contributed by atoms with E-state index in [1.165, 1.54) is 5.56 Å². The fourth-order valence-corrected chi connectivity index (χ4v) is 2.01. The average molecular weight is 262 g/mol. The van der Waals surface area contributed by atoms with Crippen LogP contribution in [0.5, 0.6) is 0 Å². The first-order valence-corrected chi connectivity index (χ1v) is 6.82. The second-order valence-corrected chi connectivity index (χ2v) is 6.31. The van der Waals surface area contributed by atoms with Crippen molar-refractivity contribution in [2.75, 3.05) is 20.1 Å². The maximum Gasteiger partial charge on any atom is 0.253 e. The normalized spacial score (nSPS) is 11.7. The van der Waals surface area contributed by atoms with E-state index < -0.39 is 0 Å². The molecule has 106 valence electrons. The summed E-state index contributed by atoms with van der Waals surface area (Å²) in [4.78, 5) is 14.1. The van der Waals surface area contributed by atoms with Gasteiger partial charge in [0.05, 0.1) is 0 Å². The highest BCUT2D eigenvalue weighted by molar-refractivity contribution is 5.94. The Bertz CT molecular complexity index is 421. The zero-order chi connectivity index (χ0) is 14.6. The van der Waals surface area contributed by atoms with Gasteiger partial charge in [0.15, 0.2) is 0 Å². The third-order valence-electron chi connectivity index (χ3n) is 3.39. The Kier molecular flexibility index (Phi) is 5.12. The second-order valence-electron chi connectivity index (χ2n) is 6.31. The summed E-state index contributed by atoms with van der Waals surface area (Å²) in [7, 11) is 1.83. The zero-order valence-electron chi connectivity index (χ0n) is 12.7. The third-order valence-corrected chi connectivity index (χ3v) is 3.39. The van der Waals surface area contributed by atoms with E-state index in [0.29, 0.717) is 19.0 Å². The molecular weight excluding hydrogens is 236 g/mol. The number of rotatable bonds is 5. The van der Waals surface area contributed by atoms with Gasteiger partial charge in [0.1, 0.15) is 0 Å². The molecule has 2 N–H and O–H groups in total. The molecule has 0 unspecified atom stereocenters. The summed E-state index contributed by atoms with van der Waals surface area (Å²) in [6.07, 6.45) is 0. The van der Waals surface area contributed by atoms with Gasteiger partial charge in [0.2, 0.25) is 0 Å². The van der Waals surface area contributed by atoms with Gasteiger partial charge in [0.25, 0.3) is 5.91 Å². The topological polar surface area (TPSA) is 46.3 Å². The minimum Gasteiger partial charge on any atom is -0.341 e. The van der Waals surface area contributed by atoms with Gasteiger partial charge in [-0.25, -0.2) is 0 Å². The van der Waals surface area contributed by atoms with Gasteiger partial charge in [-0.15, -0.1) is 0 Å². The van der Waals surface area contributed by atoms with Crippen LogP contribution in [0.3, 0.4) is 0 Å². The van der Waals surface area contributed by atoms with Crippen LogP contribution in [-0.4, -0.2) is 30.9 Å². The number of carbonyl (C=O) groups excluding carboxylic acids is 1. The molecule has 0 aromatic heterocycles. The van der Waals surface area contributed by atoms with E-state index in [0.717, 1.165) is 5.56 Å². The molecule has 0 saturated heterocycles. The zero-order valence-corrected chi connectivity index (χ0v) is 12.7. The Balaban J connectivity index is 2.77. The van der Waals surface area contributed by atoms with Gasteiger partial charge < -0.3 is 10.6 Å². The first kappa shape index (κ1) is 15.7. The van der Waals surface area contributed by atoms with Gasteiger partial charge in [-0.1, -0.05) is 39.8 Å². The van der Waals surface area contributed by atoms with E-state index in [-0.39, 0.29) is 11.3 Å². The molecule has 0 bridgehead atoms. The highest BCUT2D eigenvalue weighted by atomic mass is 16.2. The summed E-state index contributed by atoms with van der Waals surface area (Å²) in [6.45, 7) is 9.65. The van der Waals surface area contributed by atoms with Crippen LogP contribution in [0, 0.1) is 5.41 Å². The largest absolute Gasteiger partial charge is 0.341 e. The molecule has 0 aliphatic carbocycles. The number of nitrogens with zero attached hydrogens (tertiary/aromatic N) is 1. The van der Waals surface area contributed by atoms with E-state index in [9.17, 15) is 4.79 Å². The first-order chi connectivity index (χ1) is 8.76. The Hall–Kier alpha value is -1.35. The fraction of sp³-hybridized carbons (Fsp3) is 0.562. The lowest BCUT2D eigenvalue weighted by atomic mass is 9.93. The minimum atomic E-state index is -0.0533. The van der Waals surface area contributed by atoms with Crippen molar-refractivity contribution in [3.63, 3.8) is 0 Å². The molecule has 0 saturated carbocycles. The Morgan fingerprint density at radius 1 is 1.26 bits per heavy atom. The van der Waals surface area contributed by atoms with Crippen molar-refractivity contribution in [2.24, 2.45) is 11.1 Å². The van der Waals surface area contributed by atoms with Crippen LogP contribution in [0.4, 0.5) is 0 Å². The summed E-state index contributed by atoms with van der Waals surface area (Å²) in [5.74, 6) is 0.537. The smallest absolute Gasteiger partial charge is 0.253 e. The quantitative estimate of drug-likeness (QED) is 0.887. The molecule has 1 aromatic carbocycles. The number of hydrogen-bond acceptors (Lipinski definition) is 2. The van der Waals surface area contributed by atoms with E-state index in [4.69, 9.17) is 5.73 Å². The fourth-order valence-electron chi connectivity index (χ4n) is 2.01. The van der Waals surface area contributed by atoms with Gasteiger partial charge in [-0.05, 0) is 35.6 Å². The van der Waals surface area contributed by atoms with Crippen molar-refractivity contribution in [1.82, 2.24) is 4.90 Å². The molecule has 0 atom stereocenters. The number of hydrogen-bond donors (Lipinski definition) is 1. The molecule has 3 heteroatoms. The molecule has 1 amide bonds. The summed E-state index contributed by atoms with van der Waals surface area (Å²) >= 11 is 0. The van der Waals surface area contributed by atoms with Crippen molar-refractivity contribution in [3.8, 4) is 0 Å². The summed E-state index contributed by atoms with van der Waals surface area (Å²) in [5.41, 5.74) is 7.64. The average Bonchev–Trinajstić information content (AvgIpc) is 2.37. The molecule has 0 radical (unpaired) electrons. The minimum absolute atomic E-state index is 0.0526. The predicted octanol–water partition coefficient (Wildman–Crippen LogP) is 2.87. The summed E-state index contributed by atoms with van der Waals surface area (Å²) in [6, 6.07) is 7.87. The molecule has 0 aliphatic rings. The van der Waals surface area contributed by atoms with Crippen LogP contribution in [0.1, 0.15) is 49.5 Å². The lowest BCUT2D eigenvalue weighted by Gasteiger charge is -2.29. The lowest BCUT2D eigenvalue weighted by molar-refractivity contribution is 0.0740. The molecule has 0 spiro atoms. The summed E-state index contributed by atoms with van der Waals surface area (Å²) < 4.78 is 0. The van der Waals surface area contributed by atoms with Crippen LogP contribution in [-0.2, 0) is 0 Å². The predicted molar refractivity (Wildman–Crippen MR) is 80.3 cm³/mol. The molecule has 0 fully saturated rings. The van der Waals surface area contributed by atoms with E-state index in [1.54, 1.807) is 4.90 Å².